The van der Waals surface area contributed by atoms with Crippen LogP contribution in [0.2, 0.25) is 0 Å². The Labute approximate surface area is 123 Å². The number of likely N-dealkylation sites (N-methyl/N-ethyl adjacent to an activating group) is 1. The van der Waals surface area contributed by atoms with Gasteiger partial charge in [0.25, 0.3) is 0 Å². The van der Waals surface area contributed by atoms with Crippen molar-refractivity contribution in [3.05, 3.63) is 24.0 Å². The van der Waals surface area contributed by atoms with E-state index in [9.17, 15) is 0 Å². The van der Waals surface area contributed by atoms with Gasteiger partial charge in [0, 0.05) is 44.1 Å². The van der Waals surface area contributed by atoms with E-state index in [0.29, 0.717) is 12.0 Å². The molecule has 4 nitrogen and oxygen atoms in total. The Kier molecular flexibility index (Phi) is 5.38. The molecule has 1 atom stereocenters. The third-order valence-corrected chi connectivity index (χ3v) is 3.82. The molecule has 1 unspecified atom stereocenters. The second kappa shape index (κ2) is 7.04. The number of piperazine rings is 1. The van der Waals surface area contributed by atoms with Gasteiger partial charge in [0.2, 0.25) is 0 Å². The molecule has 0 radical (unpaired) electrons. The molecular weight excluding hydrogens is 248 g/mol. The highest BCUT2D eigenvalue weighted by Gasteiger charge is 2.21. The number of aromatic nitrogens is 1. The summed E-state index contributed by atoms with van der Waals surface area (Å²) in [6.07, 6.45) is 1.94. The fourth-order valence-electron chi connectivity index (χ4n) is 2.75. The minimum Gasteiger partial charge on any atom is -0.366 e. The van der Waals surface area contributed by atoms with Crippen LogP contribution in [-0.2, 0) is 6.54 Å². The van der Waals surface area contributed by atoms with Gasteiger partial charge in [-0.1, -0.05) is 13.8 Å². The number of rotatable bonds is 5. The summed E-state index contributed by atoms with van der Waals surface area (Å²) < 4.78 is 0. The zero-order chi connectivity index (χ0) is 14.5. The standard InChI is InChI=1S/C16H28N4/c1-13(2)10-17-11-15-9-16(5-6-18-15)20-8-7-19(4)12-14(20)3/h5-6,9,13-14,17H,7-8,10-12H2,1-4H3. The second-order valence-electron chi connectivity index (χ2n) is 6.33. The van der Waals surface area contributed by atoms with Crippen molar-refractivity contribution in [2.24, 2.45) is 5.92 Å². The molecule has 112 valence electrons. The molecule has 4 heteroatoms. The molecule has 0 bridgehead atoms. The van der Waals surface area contributed by atoms with Gasteiger partial charge in [-0.25, -0.2) is 0 Å². The number of hydrogen-bond acceptors (Lipinski definition) is 4. The highest BCUT2D eigenvalue weighted by Crippen LogP contribution is 2.20. The van der Waals surface area contributed by atoms with Crippen molar-refractivity contribution in [2.45, 2.75) is 33.4 Å². The fraction of sp³-hybridized carbons (Fsp3) is 0.688. The lowest BCUT2D eigenvalue weighted by Gasteiger charge is -2.39. The first-order valence-electron chi connectivity index (χ1n) is 7.67. The van der Waals surface area contributed by atoms with Crippen molar-refractivity contribution in [3.63, 3.8) is 0 Å². The zero-order valence-corrected chi connectivity index (χ0v) is 13.3. The summed E-state index contributed by atoms with van der Waals surface area (Å²) in [5.74, 6) is 0.677. The molecule has 1 aromatic rings. The molecule has 1 aromatic heterocycles. The van der Waals surface area contributed by atoms with Gasteiger partial charge in [-0.15, -0.1) is 0 Å². The van der Waals surface area contributed by atoms with Crippen molar-refractivity contribution in [2.75, 3.05) is 38.1 Å². The minimum atomic E-state index is 0.563. The van der Waals surface area contributed by atoms with Crippen molar-refractivity contribution in [3.8, 4) is 0 Å². The number of pyridine rings is 1. The van der Waals surface area contributed by atoms with E-state index in [1.807, 2.05) is 6.20 Å². The number of hydrogen-bond donors (Lipinski definition) is 1. The molecule has 0 spiro atoms. The molecule has 1 aliphatic rings. The smallest absolute Gasteiger partial charge is 0.0562 e. The highest BCUT2D eigenvalue weighted by molar-refractivity contribution is 5.48. The van der Waals surface area contributed by atoms with E-state index in [1.54, 1.807) is 0 Å². The van der Waals surface area contributed by atoms with Crippen LogP contribution in [0.15, 0.2) is 18.3 Å². The maximum absolute atomic E-state index is 4.47. The summed E-state index contributed by atoms with van der Waals surface area (Å²) in [6.45, 7) is 12.0. The first-order valence-corrected chi connectivity index (χ1v) is 7.67. The third kappa shape index (κ3) is 4.18. The van der Waals surface area contributed by atoms with Crippen molar-refractivity contribution < 1.29 is 0 Å². The van der Waals surface area contributed by atoms with Gasteiger partial charge in [-0.2, -0.15) is 0 Å². The van der Waals surface area contributed by atoms with E-state index in [1.165, 1.54) is 5.69 Å². The molecule has 20 heavy (non-hydrogen) atoms. The van der Waals surface area contributed by atoms with E-state index in [0.717, 1.165) is 38.4 Å². The lowest BCUT2D eigenvalue weighted by Crippen LogP contribution is -2.50. The Morgan fingerprint density at radius 3 is 2.90 bits per heavy atom. The molecule has 1 saturated heterocycles. The van der Waals surface area contributed by atoms with Gasteiger partial charge >= 0.3 is 0 Å². The predicted molar refractivity (Wildman–Crippen MR) is 85.1 cm³/mol. The lowest BCUT2D eigenvalue weighted by atomic mass is 10.1. The average molecular weight is 276 g/mol. The minimum absolute atomic E-state index is 0.563. The molecular formula is C16H28N4. The monoisotopic (exact) mass is 276 g/mol. The van der Waals surface area contributed by atoms with Gasteiger partial charge in [0.1, 0.15) is 0 Å². The summed E-state index contributed by atoms with van der Waals surface area (Å²) in [5.41, 5.74) is 2.44. The van der Waals surface area contributed by atoms with E-state index in [2.05, 4.69) is 60.1 Å². The van der Waals surface area contributed by atoms with E-state index in [-0.39, 0.29) is 0 Å². The van der Waals surface area contributed by atoms with Crippen LogP contribution < -0.4 is 10.2 Å². The van der Waals surface area contributed by atoms with Gasteiger partial charge in [0.15, 0.2) is 0 Å². The molecule has 0 aromatic carbocycles. The molecule has 1 aliphatic heterocycles. The molecule has 2 heterocycles. The van der Waals surface area contributed by atoms with Crippen LogP contribution in [0, 0.1) is 5.92 Å². The number of anilines is 1. The van der Waals surface area contributed by atoms with Crippen molar-refractivity contribution >= 4 is 5.69 Å². The van der Waals surface area contributed by atoms with E-state index >= 15 is 0 Å². The molecule has 1 fully saturated rings. The second-order valence-corrected chi connectivity index (χ2v) is 6.33. The quantitative estimate of drug-likeness (QED) is 0.891. The summed E-state index contributed by atoms with van der Waals surface area (Å²) in [4.78, 5) is 9.36. The largest absolute Gasteiger partial charge is 0.366 e. The van der Waals surface area contributed by atoms with Crippen LogP contribution in [0.4, 0.5) is 5.69 Å². The van der Waals surface area contributed by atoms with E-state index in [4.69, 9.17) is 0 Å². The van der Waals surface area contributed by atoms with Crippen LogP contribution >= 0.6 is 0 Å². The Bertz CT molecular complexity index is 419. The van der Waals surface area contributed by atoms with Gasteiger partial charge in [-0.05, 0) is 38.6 Å². The number of nitrogens with zero attached hydrogens (tertiary/aromatic N) is 3. The third-order valence-electron chi connectivity index (χ3n) is 3.82. The summed E-state index contributed by atoms with van der Waals surface area (Å²) in [6, 6.07) is 4.93. The molecule has 0 amide bonds. The van der Waals surface area contributed by atoms with Crippen LogP contribution in [0.5, 0.6) is 0 Å². The normalized spacial score (nSPS) is 20.6. The summed E-state index contributed by atoms with van der Waals surface area (Å²) >= 11 is 0. The highest BCUT2D eigenvalue weighted by atomic mass is 15.3. The Morgan fingerprint density at radius 2 is 2.20 bits per heavy atom. The molecule has 0 saturated carbocycles. The topological polar surface area (TPSA) is 31.4 Å². The first-order chi connectivity index (χ1) is 9.56. The maximum Gasteiger partial charge on any atom is 0.0562 e. The maximum atomic E-state index is 4.47. The van der Waals surface area contributed by atoms with Crippen LogP contribution in [0.25, 0.3) is 0 Å². The molecule has 1 N–H and O–H groups in total. The van der Waals surface area contributed by atoms with E-state index < -0.39 is 0 Å². The van der Waals surface area contributed by atoms with Crippen LogP contribution in [-0.4, -0.2) is 49.2 Å². The zero-order valence-electron chi connectivity index (χ0n) is 13.3. The Hall–Kier alpha value is -1.13. The average Bonchev–Trinajstić information content (AvgIpc) is 2.38. The molecule has 2 rings (SSSR count). The van der Waals surface area contributed by atoms with Gasteiger partial charge in [0.05, 0.1) is 5.69 Å². The van der Waals surface area contributed by atoms with Gasteiger partial charge < -0.3 is 15.1 Å². The lowest BCUT2D eigenvalue weighted by molar-refractivity contribution is 0.275. The Morgan fingerprint density at radius 1 is 1.40 bits per heavy atom. The fourth-order valence-corrected chi connectivity index (χ4v) is 2.75. The van der Waals surface area contributed by atoms with Gasteiger partial charge in [-0.3, -0.25) is 4.98 Å². The SMILES string of the molecule is CC(C)CNCc1cc(N2CCN(C)CC2C)ccn1. The Balaban J connectivity index is 1.98. The summed E-state index contributed by atoms with van der Waals surface area (Å²) in [7, 11) is 2.20. The molecule has 0 aliphatic carbocycles. The predicted octanol–water partition coefficient (Wildman–Crippen LogP) is 1.97. The van der Waals surface area contributed by atoms with Crippen LogP contribution in [0.3, 0.4) is 0 Å². The summed E-state index contributed by atoms with van der Waals surface area (Å²) in [5, 5.41) is 3.46. The number of nitrogens with one attached hydrogen (secondary N) is 1. The van der Waals surface area contributed by atoms with Crippen molar-refractivity contribution in [1.82, 2.24) is 15.2 Å². The first kappa shape index (κ1) is 15.3. The van der Waals surface area contributed by atoms with Crippen molar-refractivity contribution in [1.29, 1.82) is 0 Å². The van der Waals surface area contributed by atoms with Crippen LogP contribution in [0.1, 0.15) is 26.5 Å².